The Bertz CT molecular complexity index is 556. The molecule has 0 amide bonds. The first-order valence-corrected chi connectivity index (χ1v) is 6.77. The van der Waals surface area contributed by atoms with E-state index >= 15 is 0 Å². The van der Waals surface area contributed by atoms with E-state index in [1.807, 2.05) is 22.8 Å². The van der Waals surface area contributed by atoms with Crippen LogP contribution in [-0.4, -0.2) is 21.9 Å². The molecule has 18 heavy (non-hydrogen) atoms. The van der Waals surface area contributed by atoms with E-state index in [-0.39, 0.29) is 0 Å². The summed E-state index contributed by atoms with van der Waals surface area (Å²) in [4.78, 5) is 0. The first-order chi connectivity index (χ1) is 8.65. The molecule has 0 saturated heterocycles. The first kappa shape index (κ1) is 13.4. The van der Waals surface area contributed by atoms with Crippen LogP contribution in [0, 0.1) is 0 Å². The van der Waals surface area contributed by atoms with E-state index < -0.39 is 0 Å². The predicted octanol–water partition coefficient (Wildman–Crippen LogP) is 3.64. The summed E-state index contributed by atoms with van der Waals surface area (Å²) in [5, 5.41) is 8.37. The van der Waals surface area contributed by atoms with Crippen LogP contribution in [-0.2, 0) is 6.42 Å². The van der Waals surface area contributed by atoms with Crippen LogP contribution in [0.2, 0.25) is 5.28 Å². The molecule has 0 unspecified atom stereocenters. The van der Waals surface area contributed by atoms with Gasteiger partial charge in [-0.15, -0.1) is 10.2 Å². The van der Waals surface area contributed by atoms with E-state index in [4.69, 9.17) is 16.3 Å². The molecule has 2 aromatic rings. The van der Waals surface area contributed by atoms with Crippen LogP contribution >= 0.6 is 27.5 Å². The number of hydrogen-bond donors (Lipinski definition) is 0. The number of aryl methyl sites for hydroxylation is 1. The highest BCUT2D eigenvalue weighted by atomic mass is 79.9. The van der Waals surface area contributed by atoms with Gasteiger partial charge in [0.2, 0.25) is 5.28 Å². The Labute approximate surface area is 119 Å². The van der Waals surface area contributed by atoms with Crippen LogP contribution in [0.25, 0.3) is 5.69 Å². The Kier molecular flexibility index (Phi) is 4.24. The molecule has 96 valence electrons. The molecule has 4 nitrogen and oxygen atoms in total. The van der Waals surface area contributed by atoms with E-state index in [9.17, 15) is 0 Å². The minimum absolute atomic E-state index is 0.360. The summed E-state index contributed by atoms with van der Waals surface area (Å²) < 4.78 is 8.00. The van der Waals surface area contributed by atoms with Gasteiger partial charge in [0, 0.05) is 17.0 Å². The van der Waals surface area contributed by atoms with Crippen molar-refractivity contribution in [3.63, 3.8) is 0 Å². The molecule has 0 fully saturated rings. The summed E-state index contributed by atoms with van der Waals surface area (Å²) in [5.41, 5.74) is 0.889. The maximum absolute atomic E-state index is 6.10. The summed E-state index contributed by atoms with van der Waals surface area (Å²) in [6.07, 6.45) is 1.81. The standard InChI is InChI=1S/C12H13BrClN3O/c1-3-4-11-15-16-12(14)17(11)9-5-8(13)6-10(7-9)18-2/h5-7H,3-4H2,1-2H3. The molecular formula is C12H13BrClN3O. The van der Waals surface area contributed by atoms with Gasteiger partial charge in [-0.2, -0.15) is 0 Å². The van der Waals surface area contributed by atoms with Crippen molar-refractivity contribution in [1.82, 2.24) is 14.8 Å². The Morgan fingerprint density at radius 1 is 1.33 bits per heavy atom. The smallest absolute Gasteiger partial charge is 0.229 e. The van der Waals surface area contributed by atoms with E-state index in [0.717, 1.165) is 34.6 Å². The van der Waals surface area contributed by atoms with E-state index in [0.29, 0.717) is 5.28 Å². The molecule has 1 aromatic heterocycles. The number of rotatable bonds is 4. The van der Waals surface area contributed by atoms with Crippen LogP contribution in [0.4, 0.5) is 0 Å². The van der Waals surface area contributed by atoms with Gasteiger partial charge >= 0.3 is 0 Å². The lowest BCUT2D eigenvalue weighted by atomic mass is 10.2. The average Bonchev–Trinajstić information content (AvgIpc) is 2.70. The number of halogens is 2. The first-order valence-electron chi connectivity index (χ1n) is 5.60. The van der Waals surface area contributed by atoms with Gasteiger partial charge in [0.05, 0.1) is 12.8 Å². The van der Waals surface area contributed by atoms with Gasteiger partial charge in [0.1, 0.15) is 11.6 Å². The van der Waals surface area contributed by atoms with Crippen LogP contribution in [0.5, 0.6) is 5.75 Å². The monoisotopic (exact) mass is 329 g/mol. The summed E-state index contributed by atoms with van der Waals surface area (Å²) in [5.74, 6) is 1.61. The Hall–Kier alpha value is -1.07. The molecule has 0 N–H and O–H groups in total. The average molecular weight is 331 g/mol. The molecule has 0 spiro atoms. The molecule has 1 heterocycles. The summed E-state index contributed by atoms with van der Waals surface area (Å²) in [7, 11) is 1.63. The third kappa shape index (κ3) is 2.67. The molecule has 0 bridgehead atoms. The fourth-order valence-electron chi connectivity index (χ4n) is 1.73. The maximum atomic E-state index is 6.10. The van der Waals surface area contributed by atoms with Crippen LogP contribution in [0.3, 0.4) is 0 Å². The lowest BCUT2D eigenvalue weighted by Gasteiger charge is -2.09. The fraction of sp³-hybridized carbons (Fsp3) is 0.333. The molecule has 1 aromatic carbocycles. The van der Waals surface area contributed by atoms with Crippen molar-refractivity contribution in [2.24, 2.45) is 0 Å². The highest BCUT2D eigenvalue weighted by molar-refractivity contribution is 9.10. The van der Waals surface area contributed by atoms with Crippen LogP contribution < -0.4 is 4.74 Å². The zero-order chi connectivity index (χ0) is 13.1. The lowest BCUT2D eigenvalue weighted by molar-refractivity contribution is 0.414. The van der Waals surface area contributed by atoms with Gasteiger partial charge < -0.3 is 4.74 Å². The Balaban J connectivity index is 2.53. The van der Waals surface area contributed by atoms with E-state index in [2.05, 4.69) is 33.1 Å². The van der Waals surface area contributed by atoms with Crippen LogP contribution in [0.15, 0.2) is 22.7 Å². The van der Waals surface area contributed by atoms with Crippen LogP contribution in [0.1, 0.15) is 19.2 Å². The molecular weight excluding hydrogens is 318 g/mol. The molecule has 0 aliphatic carbocycles. The Morgan fingerprint density at radius 2 is 2.11 bits per heavy atom. The van der Waals surface area contributed by atoms with E-state index in [1.54, 1.807) is 7.11 Å². The number of aromatic nitrogens is 3. The van der Waals surface area contributed by atoms with Gasteiger partial charge in [0.15, 0.2) is 0 Å². The second kappa shape index (κ2) is 5.71. The van der Waals surface area contributed by atoms with Gasteiger partial charge in [0.25, 0.3) is 0 Å². The number of benzene rings is 1. The molecule has 0 atom stereocenters. The minimum Gasteiger partial charge on any atom is -0.497 e. The quantitative estimate of drug-likeness (QED) is 0.859. The number of methoxy groups -OCH3 is 1. The summed E-state index contributed by atoms with van der Waals surface area (Å²) >= 11 is 9.55. The highest BCUT2D eigenvalue weighted by Gasteiger charge is 2.12. The van der Waals surface area contributed by atoms with Crippen molar-refractivity contribution < 1.29 is 4.74 Å². The van der Waals surface area contributed by atoms with Gasteiger partial charge in [-0.05, 0) is 30.2 Å². The second-order valence-corrected chi connectivity index (χ2v) is 5.07. The predicted molar refractivity (Wildman–Crippen MR) is 74.6 cm³/mol. The number of ether oxygens (including phenoxy) is 1. The topological polar surface area (TPSA) is 39.9 Å². The zero-order valence-electron chi connectivity index (χ0n) is 10.2. The van der Waals surface area contributed by atoms with Crippen molar-refractivity contribution in [3.05, 3.63) is 33.8 Å². The molecule has 6 heteroatoms. The third-order valence-corrected chi connectivity index (χ3v) is 3.22. The number of nitrogens with zero attached hydrogens (tertiary/aromatic N) is 3. The normalized spacial score (nSPS) is 10.7. The molecule has 2 rings (SSSR count). The largest absolute Gasteiger partial charge is 0.497 e. The maximum Gasteiger partial charge on any atom is 0.229 e. The van der Waals surface area contributed by atoms with Crippen molar-refractivity contribution in [2.75, 3.05) is 7.11 Å². The lowest BCUT2D eigenvalue weighted by Crippen LogP contribution is -2.02. The molecule has 0 saturated carbocycles. The van der Waals surface area contributed by atoms with Gasteiger partial charge in [-0.25, -0.2) is 0 Å². The zero-order valence-corrected chi connectivity index (χ0v) is 12.5. The van der Waals surface area contributed by atoms with Gasteiger partial charge in [-0.3, -0.25) is 4.57 Å². The molecule has 0 radical (unpaired) electrons. The molecule has 0 aliphatic heterocycles. The fourth-order valence-corrected chi connectivity index (χ4v) is 2.42. The summed E-state index contributed by atoms with van der Waals surface area (Å²) in [6, 6.07) is 5.75. The van der Waals surface area contributed by atoms with Crippen molar-refractivity contribution in [1.29, 1.82) is 0 Å². The van der Waals surface area contributed by atoms with Crippen molar-refractivity contribution in [3.8, 4) is 11.4 Å². The van der Waals surface area contributed by atoms with Gasteiger partial charge in [-0.1, -0.05) is 22.9 Å². The highest BCUT2D eigenvalue weighted by Crippen LogP contribution is 2.26. The third-order valence-electron chi connectivity index (χ3n) is 2.51. The summed E-state index contributed by atoms with van der Waals surface area (Å²) in [6.45, 7) is 2.09. The van der Waals surface area contributed by atoms with Crippen molar-refractivity contribution >= 4 is 27.5 Å². The SMILES string of the molecule is CCCc1nnc(Cl)n1-c1cc(Br)cc(OC)c1. The Morgan fingerprint density at radius 3 is 2.78 bits per heavy atom. The second-order valence-electron chi connectivity index (χ2n) is 3.82. The number of hydrogen-bond acceptors (Lipinski definition) is 3. The van der Waals surface area contributed by atoms with E-state index in [1.165, 1.54) is 0 Å². The molecule has 0 aliphatic rings. The minimum atomic E-state index is 0.360. The van der Waals surface area contributed by atoms with Crippen molar-refractivity contribution in [2.45, 2.75) is 19.8 Å².